The van der Waals surface area contributed by atoms with Gasteiger partial charge in [0.1, 0.15) is 0 Å². The zero-order chi connectivity index (χ0) is 15.5. The van der Waals surface area contributed by atoms with Crippen molar-refractivity contribution in [3.8, 4) is 0 Å². The Morgan fingerprint density at radius 3 is 2.59 bits per heavy atom. The van der Waals surface area contributed by atoms with Crippen LogP contribution in [0, 0.1) is 6.92 Å². The van der Waals surface area contributed by atoms with Gasteiger partial charge >= 0.3 is 0 Å². The van der Waals surface area contributed by atoms with E-state index in [0.717, 1.165) is 32.2 Å². The summed E-state index contributed by atoms with van der Waals surface area (Å²) >= 11 is 3.54. The van der Waals surface area contributed by atoms with E-state index in [1.165, 1.54) is 0 Å². The zero-order valence-electron chi connectivity index (χ0n) is 12.2. The number of anilines is 1. The lowest BCUT2D eigenvalue weighted by Crippen LogP contribution is -2.22. The third kappa shape index (κ3) is 2.97. The molecule has 0 amide bonds. The minimum atomic E-state index is 0.364. The van der Waals surface area contributed by atoms with Crippen molar-refractivity contribution in [2.75, 3.05) is 5.32 Å². The number of nitrogens with zero attached hydrogens (tertiary/aromatic N) is 1. The molecule has 110 valence electrons. The third-order valence-corrected chi connectivity index (χ3v) is 4.50. The minimum Gasteiger partial charge on any atom is -0.369 e. The average molecular weight is 354 g/mol. The molecule has 0 heterocycles. The summed E-state index contributed by atoms with van der Waals surface area (Å²) in [5.41, 5.74) is 8.95. The van der Waals surface area contributed by atoms with Crippen molar-refractivity contribution in [1.29, 1.82) is 0 Å². The lowest BCUT2D eigenvalue weighted by atomic mass is 10.1. The molecule has 3 N–H and O–H groups in total. The Labute approximate surface area is 138 Å². The SMILES string of the molecule is Cc1cccc(N=C(N)Nc2cccc3ccccc23)c1Br. The van der Waals surface area contributed by atoms with Crippen LogP contribution in [0.4, 0.5) is 11.4 Å². The summed E-state index contributed by atoms with van der Waals surface area (Å²) in [7, 11) is 0. The molecule has 3 aromatic rings. The molecule has 0 spiro atoms. The molecule has 22 heavy (non-hydrogen) atoms. The van der Waals surface area contributed by atoms with Crippen LogP contribution in [0.15, 0.2) is 70.1 Å². The first kappa shape index (κ1) is 14.6. The number of benzene rings is 3. The monoisotopic (exact) mass is 353 g/mol. The Morgan fingerprint density at radius 1 is 1.00 bits per heavy atom. The lowest BCUT2D eigenvalue weighted by molar-refractivity contribution is 1.37. The molecule has 0 radical (unpaired) electrons. The van der Waals surface area contributed by atoms with Gasteiger partial charge in [0, 0.05) is 15.5 Å². The Bertz CT molecular complexity index is 851. The smallest absolute Gasteiger partial charge is 0.198 e. The Balaban J connectivity index is 1.94. The van der Waals surface area contributed by atoms with E-state index in [0.29, 0.717) is 5.96 Å². The Hall–Kier alpha value is -2.33. The number of aliphatic imine (C=N–C) groups is 1. The van der Waals surface area contributed by atoms with Crippen molar-refractivity contribution in [2.45, 2.75) is 6.92 Å². The van der Waals surface area contributed by atoms with Gasteiger partial charge in [0.15, 0.2) is 5.96 Å². The Morgan fingerprint density at radius 2 is 1.73 bits per heavy atom. The van der Waals surface area contributed by atoms with Crippen LogP contribution >= 0.6 is 15.9 Å². The quantitative estimate of drug-likeness (QED) is 0.504. The Kier molecular flexibility index (Phi) is 4.11. The largest absolute Gasteiger partial charge is 0.369 e. The molecule has 3 aromatic carbocycles. The molecular formula is C18H16BrN3. The normalized spacial score (nSPS) is 11.6. The van der Waals surface area contributed by atoms with E-state index in [-0.39, 0.29) is 0 Å². The van der Waals surface area contributed by atoms with E-state index in [2.05, 4.69) is 44.4 Å². The first-order chi connectivity index (χ1) is 10.6. The van der Waals surface area contributed by atoms with Crippen molar-refractivity contribution < 1.29 is 0 Å². The topological polar surface area (TPSA) is 50.4 Å². The highest BCUT2D eigenvalue weighted by Crippen LogP contribution is 2.28. The number of guanidine groups is 1. The summed E-state index contributed by atoms with van der Waals surface area (Å²) < 4.78 is 0.956. The predicted molar refractivity (Wildman–Crippen MR) is 97.7 cm³/mol. The van der Waals surface area contributed by atoms with E-state index in [9.17, 15) is 0 Å². The average Bonchev–Trinajstić information content (AvgIpc) is 2.52. The molecule has 4 heteroatoms. The van der Waals surface area contributed by atoms with Crippen molar-refractivity contribution >= 4 is 44.0 Å². The maximum absolute atomic E-state index is 6.07. The van der Waals surface area contributed by atoms with Crippen LogP contribution in [0.25, 0.3) is 10.8 Å². The second kappa shape index (κ2) is 6.20. The lowest BCUT2D eigenvalue weighted by Gasteiger charge is -2.10. The number of nitrogens with two attached hydrogens (primary N) is 1. The van der Waals surface area contributed by atoms with Gasteiger partial charge in [-0.2, -0.15) is 0 Å². The van der Waals surface area contributed by atoms with Crippen LogP contribution in [-0.2, 0) is 0 Å². The molecule has 3 rings (SSSR count). The molecule has 0 saturated carbocycles. The summed E-state index contributed by atoms with van der Waals surface area (Å²) in [5.74, 6) is 0.364. The maximum atomic E-state index is 6.07. The van der Waals surface area contributed by atoms with E-state index in [4.69, 9.17) is 5.73 Å². The number of rotatable bonds is 2. The number of nitrogens with one attached hydrogen (secondary N) is 1. The highest BCUT2D eigenvalue weighted by Gasteiger charge is 2.04. The van der Waals surface area contributed by atoms with Crippen molar-refractivity contribution in [3.05, 3.63) is 70.7 Å². The summed E-state index contributed by atoms with van der Waals surface area (Å²) in [5, 5.41) is 5.47. The number of hydrogen-bond acceptors (Lipinski definition) is 1. The number of hydrogen-bond donors (Lipinski definition) is 2. The molecule has 0 saturated heterocycles. The second-order valence-electron chi connectivity index (χ2n) is 5.06. The molecule has 0 bridgehead atoms. The number of aryl methyl sites for hydroxylation is 1. The first-order valence-electron chi connectivity index (χ1n) is 6.99. The van der Waals surface area contributed by atoms with Gasteiger partial charge in [-0.25, -0.2) is 4.99 Å². The van der Waals surface area contributed by atoms with E-state index in [1.807, 2.05) is 49.4 Å². The van der Waals surface area contributed by atoms with Crippen LogP contribution in [0.5, 0.6) is 0 Å². The summed E-state index contributed by atoms with van der Waals surface area (Å²) in [4.78, 5) is 4.46. The fourth-order valence-corrected chi connectivity index (χ4v) is 2.70. The van der Waals surface area contributed by atoms with Gasteiger partial charge in [0.05, 0.1) is 5.69 Å². The molecule has 0 aliphatic rings. The summed E-state index contributed by atoms with van der Waals surface area (Å²) in [6.07, 6.45) is 0. The molecule has 0 atom stereocenters. The van der Waals surface area contributed by atoms with Gasteiger partial charge in [-0.15, -0.1) is 0 Å². The van der Waals surface area contributed by atoms with Gasteiger partial charge in [-0.3, -0.25) is 0 Å². The molecule has 0 fully saturated rings. The molecule has 0 aliphatic heterocycles. The van der Waals surface area contributed by atoms with Crippen LogP contribution in [0.3, 0.4) is 0 Å². The zero-order valence-corrected chi connectivity index (χ0v) is 13.8. The molecule has 0 aliphatic carbocycles. The van der Waals surface area contributed by atoms with Crippen LogP contribution < -0.4 is 11.1 Å². The van der Waals surface area contributed by atoms with Crippen LogP contribution in [0.2, 0.25) is 0 Å². The van der Waals surface area contributed by atoms with Gasteiger partial charge in [0.2, 0.25) is 0 Å². The fourth-order valence-electron chi connectivity index (χ4n) is 2.35. The van der Waals surface area contributed by atoms with Gasteiger partial charge in [0.25, 0.3) is 0 Å². The molecular weight excluding hydrogens is 338 g/mol. The van der Waals surface area contributed by atoms with Crippen molar-refractivity contribution in [1.82, 2.24) is 0 Å². The molecule has 0 aromatic heterocycles. The summed E-state index contributed by atoms with van der Waals surface area (Å²) in [6, 6.07) is 20.2. The van der Waals surface area contributed by atoms with Crippen molar-refractivity contribution in [3.63, 3.8) is 0 Å². The standard InChI is InChI=1S/C18H16BrN3/c1-12-6-4-11-16(17(12)19)22-18(20)21-15-10-5-8-13-7-2-3-9-14(13)15/h2-11H,1H3,(H3,20,21,22). The second-order valence-corrected chi connectivity index (χ2v) is 5.85. The highest BCUT2D eigenvalue weighted by molar-refractivity contribution is 9.10. The number of fused-ring (bicyclic) bond motifs is 1. The third-order valence-electron chi connectivity index (χ3n) is 3.46. The van der Waals surface area contributed by atoms with Gasteiger partial charge < -0.3 is 11.1 Å². The molecule has 0 unspecified atom stereocenters. The van der Waals surface area contributed by atoms with E-state index >= 15 is 0 Å². The predicted octanol–water partition coefficient (Wildman–Crippen LogP) is 4.97. The van der Waals surface area contributed by atoms with E-state index in [1.54, 1.807) is 0 Å². The fraction of sp³-hybridized carbons (Fsp3) is 0.0556. The molecule has 3 nitrogen and oxygen atoms in total. The van der Waals surface area contributed by atoms with Gasteiger partial charge in [-0.05, 0) is 45.9 Å². The number of halogens is 1. The van der Waals surface area contributed by atoms with Crippen LogP contribution in [0.1, 0.15) is 5.56 Å². The minimum absolute atomic E-state index is 0.364. The first-order valence-corrected chi connectivity index (χ1v) is 7.78. The highest BCUT2D eigenvalue weighted by atomic mass is 79.9. The maximum Gasteiger partial charge on any atom is 0.198 e. The van der Waals surface area contributed by atoms with Crippen molar-refractivity contribution in [2.24, 2.45) is 10.7 Å². The van der Waals surface area contributed by atoms with E-state index < -0.39 is 0 Å². The van der Waals surface area contributed by atoms with Gasteiger partial charge in [-0.1, -0.05) is 48.5 Å². The van der Waals surface area contributed by atoms with Crippen LogP contribution in [-0.4, -0.2) is 5.96 Å². The summed E-state index contributed by atoms with van der Waals surface area (Å²) in [6.45, 7) is 2.03.